The van der Waals surface area contributed by atoms with Crippen LogP contribution in [-0.4, -0.2) is 61.2 Å². The molecule has 2 heterocycles. The Kier molecular flexibility index (Phi) is 9.48. The number of carbonyl (C=O) groups excluding carboxylic acids is 4. The number of rotatable bonds is 8. The zero-order chi connectivity index (χ0) is 30.6. The van der Waals surface area contributed by atoms with E-state index in [0.29, 0.717) is 16.1 Å². The molecule has 0 saturated carbocycles. The third-order valence-corrected chi connectivity index (χ3v) is 6.35. The molecule has 0 unspecified atom stereocenters. The molecule has 5 atom stereocenters. The van der Waals surface area contributed by atoms with Crippen LogP contribution in [0.5, 0.6) is 5.75 Å². The van der Waals surface area contributed by atoms with Gasteiger partial charge in [0.2, 0.25) is 12.4 Å². The minimum atomic E-state index is -1.44. The van der Waals surface area contributed by atoms with Gasteiger partial charge in [0, 0.05) is 38.8 Å². The molecule has 2 aromatic carbocycles. The lowest BCUT2D eigenvalue weighted by atomic mass is 9.98. The summed E-state index contributed by atoms with van der Waals surface area (Å²) in [5.41, 5.74) is 0.832. The average Bonchev–Trinajstić information content (AvgIpc) is 2.91. The molecule has 1 fully saturated rings. The first-order valence-corrected chi connectivity index (χ1v) is 13.1. The Morgan fingerprint density at radius 1 is 0.810 bits per heavy atom. The lowest BCUT2D eigenvalue weighted by molar-refractivity contribution is -0.288. The van der Waals surface area contributed by atoms with Crippen molar-refractivity contribution in [2.24, 2.45) is 0 Å². The Labute approximate surface area is 244 Å². The summed E-state index contributed by atoms with van der Waals surface area (Å²) in [6.07, 6.45) is -5.45. The molecule has 4 rings (SSSR count). The lowest BCUT2D eigenvalue weighted by Gasteiger charge is -2.43. The van der Waals surface area contributed by atoms with Gasteiger partial charge in [-0.1, -0.05) is 23.7 Å². The fourth-order valence-corrected chi connectivity index (χ4v) is 4.55. The van der Waals surface area contributed by atoms with Gasteiger partial charge < -0.3 is 32.8 Å². The molecule has 0 spiro atoms. The maximum Gasteiger partial charge on any atom is 0.303 e. The highest BCUT2D eigenvalue weighted by molar-refractivity contribution is 6.30. The van der Waals surface area contributed by atoms with Crippen molar-refractivity contribution in [3.63, 3.8) is 0 Å². The zero-order valence-corrected chi connectivity index (χ0v) is 23.7. The molecule has 1 saturated heterocycles. The van der Waals surface area contributed by atoms with E-state index in [4.69, 9.17) is 44.4 Å². The second kappa shape index (κ2) is 13.0. The van der Waals surface area contributed by atoms with E-state index in [9.17, 15) is 24.0 Å². The normalized spacial score (nSPS) is 21.7. The van der Waals surface area contributed by atoms with Crippen molar-refractivity contribution in [1.29, 1.82) is 0 Å². The number of ether oxygens (including phenoxy) is 6. The zero-order valence-electron chi connectivity index (χ0n) is 23.0. The fraction of sp³-hybridized carbons (Fsp3) is 0.345. The summed E-state index contributed by atoms with van der Waals surface area (Å²) in [5.74, 6) is -2.81. The number of benzene rings is 2. The molecule has 13 heteroatoms. The van der Waals surface area contributed by atoms with Gasteiger partial charge in [-0.2, -0.15) is 0 Å². The Morgan fingerprint density at radius 2 is 1.43 bits per heavy atom. The van der Waals surface area contributed by atoms with E-state index in [0.717, 1.165) is 20.8 Å². The summed E-state index contributed by atoms with van der Waals surface area (Å²) in [6.45, 7) is 4.13. The molecule has 0 amide bonds. The third-order valence-electron chi connectivity index (χ3n) is 6.10. The SMILES string of the molecule is CC(=O)OC[C@@H]1O[C@@H](Oc2ccc3c(=O)c(-c4ccc(Cl)cc4)coc3c2)[C@@H](OC(C)=O)[C@@H](OC(C)=O)[C@H]1OC(C)=O. The minimum absolute atomic E-state index is 0.130. The number of halogens is 1. The van der Waals surface area contributed by atoms with Crippen LogP contribution in [0.3, 0.4) is 0 Å². The Bertz CT molecular complexity index is 1550. The third kappa shape index (κ3) is 7.25. The van der Waals surface area contributed by atoms with Gasteiger partial charge in [0.25, 0.3) is 0 Å². The molecule has 1 aliphatic heterocycles. The van der Waals surface area contributed by atoms with Crippen LogP contribution < -0.4 is 10.2 Å². The molecule has 3 aromatic rings. The van der Waals surface area contributed by atoms with E-state index in [1.807, 2.05) is 0 Å². The molecular weight excluding hydrogens is 576 g/mol. The quantitative estimate of drug-likeness (QED) is 0.273. The van der Waals surface area contributed by atoms with Crippen molar-refractivity contribution in [1.82, 2.24) is 0 Å². The van der Waals surface area contributed by atoms with Gasteiger partial charge >= 0.3 is 23.9 Å². The number of carbonyl (C=O) groups is 4. The second-order valence-corrected chi connectivity index (χ2v) is 9.77. The molecule has 0 bridgehead atoms. The lowest BCUT2D eigenvalue weighted by Crippen LogP contribution is -2.63. The van der Waals surface area contributed by atoms with Gasteiger partial charge in [0.05, 0.1) is 10.9 Å². The first-order valence-electron chi connectivity index (χ1n) is 12.7. The number of hydrogen-bond acceptors (Lipinski definition) is 12. The van der Waals surface area contributed by atoms with E-state index in [2.05, 4.69) is 0 Å². The van der Waals surface area contributed by atoms with Gasteiger partial charge in [0.15, 0.2) is 17.6 Å². The van der Waals surface area contributed by atoms with Crippen molar-refractivity contribution in [2.75, 3.05) is 6.61 Å². The molecule has 1 aliphatic rings. The highest BCUT2D eigenvalue weighted by Gasteiger charge is 2.53. The van der Waals surface area contributed by atoms with E-state index >= 15 is 0 Å². The molecule has 0 radical (unpaired) electrons. The standard InChI is InChI=1S/C29H27ClO12/c1-14(31)36-13-24-26(38-15(2)32)27(39-16(3)33)28(40-17(4)34)29(42-24)41-20-9-10-21-23(11-20)37-12-22(25(21)35)18-5-7-19(30)8-6-18/h5-12,24,26-29H,13H2,1-4H3/t24-,26-,27-,28-,29+/m0/s1. The Morgan fingerprint density at radius 3 is 2.05 bits per heavy atom. The number of esters is 4. The van der Waals surface area contributed by atoms with E-state index in [1.165, 1.54) is 31.4 Å². The van der Waals surface area contributed by atoms with Crippen molar-refractivity contribution >= 4 is 46.4 Å². The van der Waals surface area contributed by atoms with Crippen LogP contribution in [0.2, 0.25) is 5.02 Å². The monoisotopic (exact) mass is 602 g/mol. The molecule has 0 N–H and O–H groups in total. The first-order chi connectivity index (χ1) is 19.9. The van der Waals surface area contributed by atoms with E-state index < -0.39 is 61.2 Å². The van der Waals surface area contributed by atoms with Gasteiger partial charge in [-0.3, -0.25) is 24.0 Å². The largest absolute Gasteiger partial charge is 0.463 e. The van der Waals surface area contributed by atoms with Crippen LogP contribution in [0.4, 0.5) is 0 Å². The highest BCUT2D eigenvalue weighted by Crippen LogP contribution is 2.32. The summed E-state index contributed by atoms with van der Waals surface area (Å²) in [5, 5.41) is 0.782. The average molecular weight is 603 g/mol. The second-order valence-electron chi connectivity index (χ2n) is 9.33. The van der Waals surface area contributed by atoms with Crippen LogP contribution in [0.1, 0.15) is 27.7 Å². The van der Waals surface area contributed by atoms with Crippen molar-refractivity contribution in [3.8, 4) is 16.9 Å². The van der Waals surface area contributed by atoms with Gasteiger partial charge in [-0.05, 0) is 29.8 Å². The molecule has 0 aliphatic carbocycles. The number of fused-ring (bicyclic) bond motifs is 1. The molecular formula is C29H27ClO12. The molecule has 42 heavy (non-hydrogen) atoms. The Hall–Kier alpha value is -4.42. The maximum absolute atomic E-state index is 13.2. The van der Waals surface area contributed by atoms with Crippen LogP contribution in [0.15, 0.2) is 57.9 Å². The summed E-state index contributed by atoms with van der Waals surface area (Å²) < 4.78 is 38.9. The van der Waals surface area contributed by atoms with Crippen molar-refractivity contribution in [2.45, 2.75) is 58.4 Å². The highest BCUT2D eigenvalue weighted by atomic mass is 35.5. The fourth-order valence-electron chi connectivity index (χ4n) is 4.43. The van der Waals surface area contributed by atoms with Gasteiger partial charge in [-0.15, -0.1) is 0 Å². The smallest absolute Gasteiger partial charge is 0.303 e. The summed E-state index contributed by atoms with van der Waals surface area (Å²) in [6, 6.07) is 11.1. The van der Waals surface area contributed by atoms with Crippen molar-refractivity contribution < 1.29 is 52.0 Å². The van der Waals surface area contributed by atoms with Crippen LogP contribution in [-0.2, 0) is 42.9 Å². The van der Waals surface area contributed by atoms with E-state index in [1.54, 1.807) is 24.3 Å². The summed E-state index contributed by atoms with van der Waals surface area (Å²) in [7, 11) is 0. The Balaban J connectivity index is 1.70. The van der Waals surface area contributed by atoms with Gasteiger partial charge in [-0.25, -0.2) is 0 Å². The molecule has 12 nitrogen and oxygen atoms in total. The topological polar surface area (TPSA) is 154 Å². The molecule has 1 aromatic heterocycles. The predicted octanol–water partition coefficient (Wildman–Crippen LogP) is 3.58. The van der Waals surface area contributed by atoms with Crippen molar-refractivity contribution in [3.05, 3.63) is 64.0 Å². The minimum Gasteiger partial charge on any atom is -0.463 e. The van der Waals surface area contributed by atoms with Crippen LogP contribution in [0.25, 0.3) is 22.1 Å². The first kappa shape index (κ1) is 30.5. The van der Waals surface area contributed by atoms with E-state index in [-0.39, 0.29) is 22.1 Å². The summed E-state index contributed by atoms with van der Waals surface area (Å²) >= 11 is 5.95. The molecule has 222 valence electrons. The maximum atomic E-state index is 13.2. The van der Waals surface area contributed by atoms with Crippen LogP contribution >= 0.6 is 11.6 Å². The van der Waals surface area contributed by atoms with Crippen LogP contribution in [0, 0.1) is 0 Å². The summed E-state index contributed by atoms with van der Waals surface area (Å²) in [4.78, 5) is 60.7. The van der Waals surface area contributed by atoms with Gasteiger partial charge in [0.1, 0.15) is 30.3 Å². The predicted molar refractivity (Wildman–Crippen MR) is 146 cm³/mol. The number of hydrogen-bond donors (Lipinski definition) is 0.